The normalized spacial score (nSPS) is 12.4. The molecule has 1 amide bonds. The van der Waals surface area contributed by atoms with Gasteiger partial charge in [0.25, 0.3) is 0 Å². The van der Waals surface area contributed by atoms with Gasteiger partial charge in [0, 0.05) is 5.56 Å². The van der Waals surface area contributed by atoms with E-state index in [1.165, 1.54) is 11.5 Å². The van der Waals surface area contributed by atoms with Gasteiger partial charge in [-0.1, -0.05) is 44.2 Å². The molecular formula is C16H21N3OS. The average Bonchev–Trinajstić information content (AvgIpc) is 2.80. The number of amides is 1. The monoisotopic (exact) mass is 303 g/mol. The number of rotatable bonds is 5. The second-order valence-corrected chi connectivity index (χ2v) is 6.34. The van der Waals surface area contributed by atoms with E-state index >= 15 is 0 Å². The molecule has 0 radical (unpaired) electrons. The van der Waals surface area contributed by atoms with Crippen LogP contribution in [0.15, 0.2) is 30.3 Å². The van der Waals surface area contributed by atoms with Gasteiger partial charge in [-0.25, -0.2) is 0 Å². The van der Waals surface area contributed by atoms with Gasteiger partial charge in [0.05, 0.1) is 11.7 Å². The van der Waals surface area contributed by atoms with Crippen LogP contribution < -0.4 is 11.1 Å². The highest BCUT2D eigenvalue weighted by molar-refractivity contribution is 7.11. The topological polar surface area (TPSA) is 68.0 Å². The highest BCUT2D eigenvalue weighted by Gasteiger charge is 2.19. The molecule has 1 aromatic carbocycles. The van der Waals surface area contributed by atoms with Crippen LogP contribution in [0.5, 0.6) is 0 Å². The summed E-state index contributed by atoms with van der Waals surface area (Å²) >= 11 is 1.30. The van der Waals surface area contributed by atoms with Crippen LogP contribution >= 0.6 is 11.5 Å². The number of carbonyl (C=O) groups excluding carboxylic acids is 1. The van der Waals surface area contributed by atoms with Gasteiger partial charge in [0.15, 0.2) is 0 Å². The maximum atomic E-state index is 12.2. The zero-order chi connectivity index (χ0) is 15.4. The van der Waals surface area contributed by atoms with Crippen LogP contribution in [-0.2, 0) is 4.79 Å². The molecule has 1 atom stereocenters. The lowest BCUT2D eigenvalue weighted by Crippen LogP contribution is -2.36. The van der Waals surface area contributed by atoms with Gasteiger partial charge in [-0.15, -0.1) is 0 Å². The minimum Gasteiger partial charge on any atom is -0.320 e. The van der Waals surface area contributed by atoms with E-state index in [1.54, 1.807) is 0 Å². The molecule has 0 saturated heterocycles. The molecular weight excluding hydrogens is 282 g/mol. The highest BCUT2D eigenvalue weighted by Crippen LogP contribution is 2.34. The Kier molecular flexibility index (Phi) is 5.09. The molecule has 5 heteroatoms. The molecule has 0 bridgehead atoms. The van der Waals surface area contributed by atoms with Crippen molar-refractivity contribution in [3.8, 4) is 11.1 Å². The van der Waals surface area contributed by atoms with Crippen molar-refractivity contribution in [2.75, 3.05) is 5.32 Å². The van der Waals surface area contributed by atoms with Crippen LogP contribution in [-0.4, -0.2) is 16.3 Å². The number of hydrogen-bond acceptors (Lipinski definition) is 4. The molecule has 3 N–H and O–H groups in total. The first-order valence-corrected chi connectivity index (χ1v) is 7.84. The third kappa shape index (κ3) is 3.89. The Balaban J connectivity index is 2.21. The standard InChI is InChI=1S/C16H21N3OS/c1-10(2)9-13(17)15(20)18-16-14(11(3)19-21-16)12-7-5-4-6-8-12/h4-8,10,13H,9,17H2,1-3H3,(H,18,20)/t13-/m0/s1. The van der Waals surface area contributed by atoms with E-state index in [1.807, 2.05) is 37.3 Å². The largest absolute Gasteiger partial charge is 0.320 e. The van der Waals surface area contributed by atoms with Gasteiger partial charge in [0.2, 0.25) is 5.91 Å². The van der Waals surface area contributed by atoms with Crippen molar-refractivity contribution >= 4 is 22.4 Å². The SMILES string of the molecule is Cc1nsc(NC(=O)[C@@H](N)CC(C)C)c1-c1ccccc1. The molecule has 21 heavy (non-hydrogen) atoms. The van der Waals surface area contributed by atoms with E-state index in [4.69, 9.17) is 5.73 Å². The van der Waals surface area contributed by atoms with Crippen LogP contribution in [0.3, 0.4) is 0 Å². The van der Waals surface area contributed by atoms with Crippen molar-refractivity contribution in [3.05, 3.63) is 36.0 Å². The van der Waals surface area contributed by atoms with Crippen molar-refractivity contribution in [1.82, 2.24) is 4.37 Å². The predicted molar refractivity (Wildman–Crippen MR) is 88.3 cm³/mol. The Morgan fingerprint density at radius 2 is 2.00 bits per heavy atom. The Morgan fingerprint density at radius 1 is 1.33 bits per heavy atom. The molecule has 0 spiro atoms. The Hall–Kier alpha value is -1.72. The number of nitrogens with zero attached hydrogens (tertiary/aromatic N) is 1. The van der Waals surface area contributed by atoms with E-state index in [0.717, 1.165) is 21.8 Å². The zero-order valence-electron chi connectivity index (χ0n) is 12.6. The lowest BCUT2D eigenvalue weighted by atomic mass is 10.0. The van der Waals surface area contributed by atoms with Gasteiger partial charge in [-0.05, 0) is 36.4 Å². The number of aromatic nitrogens is 1. The summed E-state index contributed by atoms with van der Waals surface area (Å²) in [4.78, 5) is 12.2. The summed E-state index contributed by atoms with van der Waals surface area (Å²) in [6, 6.07) is 9.46. The lowest BCUT2D eigenvalue weighted by Gasteiger charge is -2.14. The molecule has 0 saturated carbocycles. The first kappa shape index (κ1) is 15.7. The number of benzene rings is 1. The molecule has 1 heterocycles. The van der Waals surface area contributed by atoms with Crippen molar-refractivity contribution in [2.45, 2.75) is 33.2 Å². The fraction of sp³-hybridized carbons (Fsp3) is 0.375. The molecule has 2 rings (SSSR count). The van der Waals surface area contributed by atoms with Gasteiger partial charge in [0.1, 0.15) is 5.00 Å². The van der Waals surface area contributed by atoms with E-state index in [-0.39, 0.29) is 5.91 Å². The van der Waals surface area contributed by atoms with E-state index in [9.17, 15) is 4.79 Å². The second kappa shape index (κ2) is 6.83. The number of carbonyl (C=O) groups is 1. The number of hydrogen-bond donors (Lipinski definition) is 2. The highest BCUT2D eigenvalue weighted by atomic mass is 32.1. The minimum atomic E-state index is -0.490. The van der Waals surface area contributed by atoms with Crippen molar-refractivity contribution in [1.29, 1.82) is 0 Å². The Labute approximate surface area is 129 Å². The summed E-state index contributed by atoms with van der Waals surface area (Å²) < 4.78 is 4.35. The van der Waals surface area contributed by atoms with Crippen LogP contribution in [0, 0.1) is 12.8 Å². The van der Waals surface area contributed by atoms with Gasteiger partial charge >= 0.3 is 0 Å². The lowest BCUT2D eigenvalue weighted by molar-refractivity contribution is -0.117. The third-order valence-electron chi connectivity index (χ3n) is 3.22. The fourth-order valence-electron chi connectivity index (χ4n) is 2.22. The molecule has 2 aromatic rings. The van der Waals surface area contributed by atoms with E-state index < -0.39 is 6.04 Å². The van der Waals surface area contributed by atoms with Crippen molar-refractivity contribution in [3.63, 3.8) is 0 Å². The number of anilines is 1. The van der Waals surface area contributed by atoms with Gasteiger partial charge in [-0.3, -0.25) is 4.79 Å². The average molecular weight is 303 g/mol. The molecule has 0 unspecified atom stereocenters. The molecule has 0 aliphatic carbocycles. The summed E-state index contributed by atoms with van der Waals surface area (Å²) in [6.07, 6.45) is 0.671. The zero-order valence-corrected chi connectivity index (χ0v) is 13.4. The summed E-state index contributed by atoms with van der Waals surface area (Å²) in [5.41, 5.74) is 8.88. The molecule has 0 fully saturated rings. The quantitative estimate of drug-likeness (QED) is 0.889. The molecule has 4 nitrogen and oxygen atoms in total. The summed E-state index contributed by atoms with van der Waals surface area (Å²) in [5.74, 6) is 0.243. The van der Waals surface area contributed by atoms with E-state index in [2.05, 4.69) is 23.5 Å². The second-order valence-electron chi connectivity index (χ2n) is 5.56. The van der Waals surface area contributed by atoms with Gasteiger partial charge in [-0.2, -0.15) is 4.37 Å². The number of nitrogens with one attached hydrogen (secondary N) is 1. The Bertz CT molecular complexity index is 607. The van der Waals surface area contributed by atoms with Crippen molar-refractivity contribution in [2.24, 2.45) is 11.7 Å². The maximum Gasteiger partial charge on any atom is 0.241 e. The summed E-state index contributed by atoms with van der Waals surface area (Å²) in [7, 11) is 0. The maximum absolute atomic E-state index is 12.2. The number of nitrogens with two attached hydrogens (primary N) is 1. The van der Waals surface area contributed by atoms with Gasteiger partial charge < -0.3 is 11.1 Å². The van der Waals surface area contributed by atoms with E-state index in [0.29, 0.717) is 12.3 Å². The summed E-state index contributed by atoms with van der Waals surface area (Å²) in [6.45, 7) is 6.06. The first-order chi connectivity index (χ1) is 9.99. The van der Waals surface area contributed by atoms with Crippen molar-refractivity contribution < 1.29 is 4.79 Å². The Morgan fingerprint density at radius 3 is 2.62 bits per heavy atom. The smallest absolute Gasteiger partial charge is 0.241 e. The number of aryl methyl sites for hydroxylation is 1. The fourth-order valence-corrected chi connectivity index (χ4v) is 3.04. The molecule has 0 aliphatic rings. The first-order valence-electron chi connectivity index (χ1n) is 7.07. The third-order valence-corrected chi connectivity index (χ3v) is 4.08. The van der Waals surface area contributed by atoms with Crippen LogP contribution in [0.2, 0.25) is 0 Å². The molecule has 112 valence electrons. The van der Waals surface area contributed by atoms with Crippen LogP contribution in [0.4, 0.5) is 5.00 Å². The molecule has 0 aliphatic heterocycles. The summed E-state index contributed by atoms with van der Waals surface area (Å²) in [5, 5.41) is 3.69. The molecule has 1 aromatic heterocycles. The predicted octanol–water partition coefficient (Wildman–Crippen LogP) is 3.43. The minimum absolute atomic E-state index is 0.149. The van der Waals surface area contributed by atoms with Crippen LogP contribution in [0.25, 0.3) is 11.1 Å². The van der Waals surface area contributed by atoms with Crippen LogP contribution in [0.1, 0.15) is 26.0 Å².